The van der Waals surface area contributed by atoms with Crippen LogP contribution in [-0.4, -0.2) is 25.2 Å². The van der Waals surface area contributed by atoms with Gasteiger partial charge in [-0.1, -0.05) is 6.08 Å². The highest BCUT2D eigenvalue weighted by molar-refractivity contribution is 5.94. The Morgan fingerprint density at radius 1 is 1.33 bits per heavy atom. The zero-order valence-corrected chi connectivity index (χ0v) is 10.4. The Morgan fingerprint density at radius 2 is 2.28 bits per heavy atom. The second-order valence-electron chi connectivity index (χ2n) is 4.45. The molecule has 0 spiro atoms. The van der Waals surface area contributed by atoms with Gasteiger partial charge in [-0.25, -0.2) is 0 Å². The average Bonchev–Trinajstić information content (AvgIpc) is 2.83. The van der Waals surface area contributed by atoms with E-state index in [9.17, 15) is 0 Å². The van der Waals surface area contributed by atoms with Crippen molar-refractivity contribution < 1.29 is 4.84 Å². The zero-order valence-electron chi connectivity index (χ0n) is 10.4. The molecule has 4 nitrogen and oxygen atoms in total. The fraction of sp³-hybridized carbons (Fsp3) is 0.286. The second-order valence-corrected chi connectivity index (χ2v) is 4.45. The van der Waals surface area contributed by atoms with Gasteiger partial charge in [-0.15, -0.1) is 0 Å². The summed E-state index contributed by atoms with van der Waals surface area (Å²) in [5.74, 6) is 0. The number of aromatic amines is 1. The van der Waals surface area contributed by atoms with Crippen molar-refractivity contribution in [2.45, 2.75) is 6.42 Å². The zero-order chi connectivity index (χ0) is 12.4. The smallest absolute Gasteiger partial charge is 0.0636 e. The highest BCUT2D eigenvalue weighted by atomic mass is 16.6. The van der Waals surface area contributed by atoms with Crippen molar-refractivity contribution in [1.82, 2.24) is 10.3 Å². The molecule has 3 rings (SSSR count). The van der Waals surface area contributed by atoms with E-state index in [2.05, 4.69) is 40.2 Å². The van der Waals surface area contributed by atoms with E-state index in [0.717, 1.165) is 30.7 Å². The minimum absolute atomic E-state index is 0.956. The summed E-state index contributed by atoms with van der Waals surface area (Å²) >= 11 is 0. The van der Waals surface area contributed by atoms with Crippen molar-refractivity contribution in [1.29, 1.82) is 0 Å². The molecule has 0 amide bonds. The molecule has 18 heavy (non-hydrogen) atoms. The van der Waals surface area contributed by atoms with E-state index in [1.54, 1.807) is 7.11 Å². The minimum Gasteiger partial charge on any atom is -0.361 e. The molecule has 1 aliphatic rings. The lowest BCUT2D eigenvalue weighted by Crippen LogP contribution is -2.19. The molecule has 94 valence electrons. The van der Waals surface area contributed by atoms with Gasteiger partial charge in [0.15, 0.2) is 0 Å². The lowest BCUT2D eigenvalue weighted by atomic mass is 9.99. The van der Waals surface area contributed by atoms with Crippen LogP contribution in [-0.2, 0) is 4.84 Å². The van der Waals surface area contributed by atoms with Crippen molar-refractivity contribution in [3.63, 3.8) is 0 Å². The number of nitrogens with one attached hydrogen (secondary N) is 3. The molecule has 0 saturated carbocycles. The fourth-order valence-electron chi connectivity index (χ4n) is 2.43. The maximum Gasteiger partial charge on any atom is 0.0636 e. The normalized spacial score (nSPS) is 15.7. The number of hydrogen-bond donors (Lipinski definition) is 3. The van der Waals surface area contributed by atoms with Crippen LogP contribution in [0.25, 0.3) is 16.5 Å². The predicted molar refractivity (Wildman–Crippen MR) is 74.4 cm³/mol. The van der Waals surface area contributed by atoms with Crippen LogP contribution in [0.1, 0.15) is 12.0 Å². The molecule has 1 aromatic heterocycles. The van der Waals surface area contributed by atoms with Crippen molar-refractivity contribution in [2.24, 2.45) is 0 Å². The van der Waals surface area contributed by atoms with Crippen LogP contribution in [0.3, 0.4) is 0 Å². The fourth-order valence-corrected chi connectivity index (χ4v) is 2.43. The number of H-pyrrole nitrogens is 1. The molecule has 2 heterocycles. The van der Waals surface area contributed by atoms with Gasteiger partial charge in [-0.05, 0) is 36.7 Å². The predicted octanol–water partition coefficient (Wildman–Crippen LogP) is 2.52. The third-order valence-electron chi connectivity index (χ3n) is 3.31. The molecule has 0 bridgehead atoms. The Bertz CT molecular complexity index is 586. The summed E-state index contributed by atoms with van der Waals surface area (Å²) in [5, 5.41) is 4.58. The lowest BCUT2D eigenvalue weighted by Gasteiger charge is -2.13. The molecule has 1 aliphatic heterocycles. The summed E-state index contributed by atoms with van der Waals surface area (Å²) in [6.07, 6.45) is 5.44. The van der Waals surface area contributed by atoms with Crippen LogP contribution in [0.2, 0.25) is 0 Å². The van der Waals surface area contributed by atoms with E-state index < -0.39 is 0 Å². The number of anilines is 1. The van der Waals surface area contributed by atoms with Gasteiger partial charge in [0.05, 0.1) is 12.8 Å². The molecule has 0 radical (unpaired) electrons. The Labute approximate surface area is 106 Å². The molecule has 0 saturated heterocycles. The molecule has 3 N–H and O–H groups in total. The average molecular weight is 243 g/mol. The van der Waals surface area contributed by atoms with Crippen LogP contribution >= 0.6 is 0 Å². The Balaban J connectivity index is 2.06. The van der Waals surface area contributed by atoms with Crippen LogP contribution in [0.5, 0.6) is 0 Å². The molecular weight excluding hydrogens is 226 g/mol. The highest BCUT2D eigenvalue weighted by Gasteiger charge is 2.11. The van der Waals surface area contributed by atoms with Crippen LogP contribution in [0, 0.1) is 0 Å². The van der Waals surface area contributed by atoms with Gasteiger partial charge in [0.1, 0.15) is 0 Å². The SMILES string of the molecule is CONc1ccc2[nH]cc(C3=CCNCC3)c2c1. The van der Waals surface area contributed by atoms with Crippen molar-refractivity contribution in [3.05, 3.63) is 36.0 Å². The summed E-state index contributed by atoms with van der Waals surface area (Å²) in [5.41, 5.74) is 7.71. The summed E-state index contributed by atoms with van der Waals surface area (Å²) < 4.78 is 0. The first-order chi connectivity index (χ1) is 8.88. The standard InChI is InChI=1S/C14H17N3O/c1-18-17-11-2-3-14-12(8-11)13(9-16-14)10-4-6-15-7-5-10/h2-4,8-9,15-17H,5-7H2,1H3. The molecule has 0 unspecified atom stereocenters. The van der Waals surface area contributed by atoms with Gasteiger partial charge < -0.3 is 10.3 Å². The van der Waals surface area contributed by atoms with Crippen molar-refractivity contribution in [3.8, 4) is 0 Å². The van der Waals surface area contributed by atoms with Gasteiger partial charge in [0.2, 0.25) is 0 Å². The highest BCUT2D eigenvalue weighted by Crippen LogP contribution is 2.29. The van der Waals surface area contributed by atoms with Crippen LogP contribution in [0.15, 0.2) is 30.5 Å². The lowest BCUT2D eigenvalue weighted by molar-refractivity contribution is 0.271. The molecule has 0 aliphatic carbocycles. The van der Waals surface area contributed by atoms with E-state index in [1.807, 2.05) is 6.07 Å². The Morgan fingerprint density at radius 3 is 3.06 bits per heavy atom. The maximum absolute atomic E-state index is 4.95. The Hall–Kier alpha value is -1.78. The van der Waals surface area contributed by atoms with E-state index >= 15 is 0 Å². The third kappa shape index (κ3) is 2.00. The molecule has 0 fully saturated rings. The minimum atomic E-state index is 0.956. The topological polar surface area (TPSA) is 49.1 Å². The molecule has 0 atom stereocenters. The van der Waals surface area contributed by atoms with Gasteiger partial charge in [-0.3, -0.25) is 10.3 Å². The van der Waals surface area contributed by atoms with Crippen LogP contribution in [0.4, 0.5) is 5.69 Å². The van der Waals surface area contributed by atoms with Gasteiger partial charge >= 0.3 is 0 Å². The maximum atomic E-state index is 4.95. The summed E-state index contributed by atoms with van der Waals surface area (Å²) in [6.45, 7) is 2.01. The summed E-state index contributed by atoms with van der Waals surface area (Å²) in [6, 6.07) is 6.19. The summed E-state index contributed by atoms with van der Waals surface area (Å²) in [4.78, 5) is 8.28. The number of hydrogen-bond acceptors (Lipinski definition) is 3. The first kappa shape index (κ1) is 11.3. The third-order valence-corrected chi connectivity index (χ3v) is 3.31. The molecule has 2 aromatic rings. The molecular formula is C14H17N3O. The van der Waals surface area contributed by atoms with E-state index in [0.29, 0.717) is 0 Å². The largest absolute Gasteiger partial charge is 0.361 e. The first-order valence-electron chi connectivity index (χ1n) is 6.19. The van der Waals surface area contributed by atoms with E-state index in [4.69, 9.17) is 4.84 Å². The van der Waals surface area contributed by atoms with Crippen LogP contribution < -0.4 is 10.8 Å². The number of fused-ring (bicyclic) bond motifs is 1. The molecule has 4 heteroatoms. The van der Waals surface area contributed by atoms with E-state index in [1.165, 1.54) is 16.5 Å². The molecule has 1 aromatic carbocycles. The van der Waals surface area contributed by atoms with Crippen molar-refractivity contribution in [2.75, 3.05) is 25.7 Å². The monoisotopic (exact) mass is 243 g/mol. The second kappa shape index (κ2) is 4.84. The quantitative estimate of drug-likeness (QED) is 0.726. The number of aromatic nitrogens is 1. The number of benzene rings is 1. The van der Waals surface area contributed by atoms with Gasteiger partial charge in [0, 0.05) is 29.2 Å². The summed E-state index contributed by atoms with van der Waals surface area (Å²) in [7, 11) is 1.62. The van der Waals surface area contributed by atoms with E-state index in [-0.39, 0.29) is 0 Å². The van der Waals surface area contributed by atoms with Gasteiger partial charge in [0.25, 0.3) is 0 Å². The first-order valence-corrected chi connectivity index (χ1v) is 6.19. The Kier molecular flexibility index (Phi) is 3.04. The van der Waals surface area contributed by atoms with Crippen molar-refractivity contribution >= 4 is 22.2 Å². The van der Waals surface area contributed by atoms with Gasteiger partial charge in [-0.2, -0.15) is 0 Å². The number of rotatable bonds is 3.